The van der Waals surface area contributed by atoms with Crippen LogP contribution < -0.4 is 10.0 Å². The molecule has 2 heterocycles. The number of rotatable bonds is 3. The summed E-state index contributed by atoms with van der Waals surface area (Å²) in [5, 5.41) is 3.44. The van der Waals surface area contributed by atoms with E-state index in [9.17, 15) is 13.2 Å². The van der Waals surface area contributed by atoms with E-state index in [1.165, 1.54) is 12.1 Å². The van der Waals surface area contributed by atoms with Crippen LogP contribution in [0.25, 0.3) is 0 Å². The normalized spacial score (nSPS) is 23.3. The number of fused-ring (bicyclic) bond motifs is 1. The van der Waals surface area contributed by atoms with Crippen molar-refractivity contribution in [3.05, 3.63) is 29.8 Å². The van der Waals surface area contributed by atoms with Crippen LogP contribution in [0.15, 0.2) is 29.2 Å². The van der Waals surface area contributed by atoms with Crippen LogP contribution in [0.1, 0.15) is 44.0 Å². The Morgan fingerprint density at radius 2 is 1.59 bits per heavy atom. The zero-order chi connectivity index (χ0) is 18.9. The summed E-state index contributed by atoms with van der Waals surface area (Å²) in [5.74, 6) is 1.33. The molecule has 1 aromatic rings. The van der Waals surface area contributed by atoms with Gasteiger partial charge in [0.25, 0.3) is 5.91 Å². The molecule has 0 radical (unpaired) electrons. The summed E-state index contributed by atoms with van der Waals surface area (Å²) >= 11 is 0. The van der Waals surface area contributed by atoms with E-state index < -0.39 is 15.6 Å². The van der Waals surface area contributed by atoms with Crippen LogP contribution in [0.3, 0.4) is 0 Å². The number of halogens is 1. The molecule has 8 heteroatoms. The Balaban J connectivity index is 0.00000261. The van der Waals surface area contributed by atoms with E-state index in [0.29, 0.717) is 17.4 Å². The average molecular weight is 416 g/mol. The van der Waals surface area contributed by atoms with Crippen LogP contribution in [0.2, 0.25) is 0 Å². The van der Waals surface area contributed by atoms with Gasteiger partial charge in [-0.2, -0.15) is 0 Å². The zero-order valence-electron chi connectivity index (χ0n) is 16.2. The van der Waals surface area contributed by atoms with E-state index in [2.05, 4.69) is 10.0 Å². The quantitative estimate of drug-likeness (QED) is 0.793. The molecular formula is C19H30ClN3O3S. The number of nitrogens with one attached hydrogen (secondary N) is 2. The van der Waals surface area contributed by atoms with Crippen molar-refractivity contribution in [2.45, 2.75) is 44.0 Å². The van der Waals surface area contributed by atoms with Crippen LogP contribution >= 0.6 is 12.4 Å². The molecule has 2 fully saturated rings. The Morgan fingerprint density at radius 3 is 2.07 bits per heavy atom. The second kappa shape index (κ2) is 8.47. The highest BCUT2D eigenvalue weighted by Gasteiger charge is 2.31. The van der Waals surface area contributed by atoms with E-state index in [0.717, 1.165) is 39.0 Å². The molecule has 0 aromatic heterocycles. The molecule has 2 aliphatic rings. The molecule has 3 rings (SSSR count). The minimum Gasteiger partial charge on any atom is -0.339 e. The van der Waals surface area contributed by atoms with Gasteiger partial charge in [-0.25, -0.2) is 13.1 Å². The Bertz CT molecular complexity index is 745. The fourth-order valence-corrected chi connectivity index (χ4v) is 5.26. The van der Waals surface area contributed by atoms with Gasteiger partial charge < -0.3 is 10.2 Å². The molecule has 0 bridgehead atoms. The van der Waals surface area contributed by atoms with Crippen LogP contribution in [-0.4, -0.2) is 50.9 Å². The molecule has 152 valence electrons. The topological polar surface area (TPSA) is 78.5 Å². The van der Waals surface area contributed by atoms with Crippen LogP contribution in [0.5, 0.6) is 0 Å². The SMILES string of the molecule is CC(C)(C)NS(=O)(=O)c1ccc(C(=O)N2CC[C@@H]3CNC[C@@H]3CC2)cc1.Cl. The first kappa shape index (κ1) is 22.1. The van der Waals surface area contributed by atoms with Crippen molar-refractivity contribution in [2.24, 2.45) is 11.8 Å². The maximum atomic E-state index is 12.8. The molecule has 0 spiro atoms. The van der Waals surface area contributed by atoms with E-state index in [1.807, 2.05) is 4.90 Å². The Labute approximate surface area is 168 Å². The molecule has 2 aliphatic heterocycles. The van der Waals surface area contributed by atoms with Crippen LogP contribution in [0.4, 0.5) is 0 Å². The Morgan fingerprint density at radius 1 is 1.07 bits per heavy atom. The molecule has 1 amide bonds. The summed E-state index contributed by atoms with van der Waals surface area (Å²) in [5.41, 5.74) is -0.00311. The standard InChI is InChI=1S/C19H29N3O3S.ClH/c1-19(2,3)21-26(24,25)17-6-4-14(5-7-17)18(23)22-10-8-15-12-20-13-16(15)9-11-22;/h4-7,15-16,20-21H,8-13H2,1-3H3;1H/t15-,16+;. The number of hydrogen-bond donors (Lipinski definition) is 2. The fourth-order valence-electron chi connectivity index (χ4n) is 3.84. The van der Waals surface area contributed by atoms with Crippen molar-refractivity contribution in [3.63, 3.8) is 0 Å². The lowest BCUT2D eigenvalue weighted by atomic mass is 9.92. The van der Waals surface area contributed by atoms with Crippen LogP contribution in [-0.2, 0) is 10.0 Å². The lowest BCUT2D eigenvalue weighted by Crippen LogP contribution is -2.40. The molecule has 1 aromatic carbocycles. The summed E-state index contributed by atoms with van der Waals surface area (Å²) in [4.78, 5) is 14.9. The van der Waals surface area contributed by atoms with E-state index in [-0.39, 0.29) is 23.2 Å². The summed E-state index contributed by atoms with van der Waals surface area (Å²) in [7, 11) is -3.58. The molecule has 2 atom stereocenters. The van der Waals surface area contributed by atoms with E-state index in [1.54, 1.807) is 32.9 Å². The molecule has 6 nitrogen and oxygen atoms in total. The Kier molecular flexibility index (Phi) is 6.95. The lowest BCUT2D eigenvalue weighted by molar-refractivity contribution is 0.0758. The maximum Gasteiger partial charge on any atom is 0.253 e. The van der Waals surface area contributed by atoms with Crippen molar-refractivity contribution >= 4 is 28.3 Å². The lowest BCUT2D eigenvalue weighted by Gasteiger charge is -2.22. The number of carbonyl (C=O) groups is 1. The monoisotopic (exact) mass is 415 g/mol. The average Bonchev–Trinajstić information content (AvgIpc) is 2.91. The first-order chi connectivity index (χ1) is 12.2. The number of benzene rings is 1. The number of hydrogen-bond acceptors (Lipinski definition) is 4. The number of sulfonamides is 1. The highest BCUT2D eigenvalue weighted by molar-refractivity contribution is 7.89. The van der Waals surface area contributed by atoms with Gasteiger partial charge in [-0.15, -0.1) is 12.4 Å². The van der Waals surface area contributed by atoms with Gasteiger partial charge in [-0.3, -0.25) is 4.79 Å². The Hall–Kier alpha value is -1.15. The predicted molar refractivity (Wildman–Crippen MR) is 109 cm³/mol. The van der Waals surface area contributed by atoms with Crippen molar-refractivity contribution in [2.75, 3.05) is 26.2 Å². The largest absolute Gasteiger partial charge is 0.339 e. The van der Waals surface area contributed by atoms with Crippen molar-refractivity contribution < 1.29 is 13.2 Å². The fraction of sp³-hybridized carbons (Fsp3) is 0.632. The second-order valence-corrected chi connectivity index (χ2v) is 10.1. The second-order valence-electron chi connectivity index (χ2n) is 8.43. The summed E-state index contributed by atoms with van der Waals surface area (Å²) in [6.45, 7) is 9.05. The first-order valence-electron chi connectivity index (χ1n) is 9.30. The highest BCUT2D eigenvalue weighted by atomic mass is 35.5. The molecule has 2 N–H and O–H groups in total. The van der Waals surface area contributed by atoms with Crippen LogP contribution in [0, 0.1) is 11.8 Å². The van der Waals surface area contributed by atoms with E-state index in [4.69, 9.17) is 0 Å². The number of likely N-dealkylation sites (tertiary alicyclic amines) is 1. The molecule has 0 unspecified atom stereocenters. The smallest absolute Gasteiger partial charge is 0.253 e. The summed E-state index contributed by atoms with van der Waals surface area (Å²) < 4.78 is 27.4. The zero-order valence-corrected chi connectivity index (χ0v) is 17.8. The number of nitrogens with zero attached hydrogens (tertiary/aromatic N) is 1. The maximum absolute atomic E-state index is 12.8. The number of carbonyl (C=O) groups excluding carboxylic acids is 1. The summed E-state index contributed by atoms with van der Waals surface area (Å²) in [6.07, 6.45) is 2.07. The molecular weight excluding hydrogens is 386 g/mol. The highest BCUT2D eigenvalue weighted by Crippen LogP contribution is 2.27. The van der Waals surface area contributed by atoms with Crippen molar-refractivity contribution in [1.29, 1.82) is 0 Å². The van der Waals surface area contributed by atoms with E-state index >= 15 is 0 Å². The van der Waals surface area contributed by atoms with Gasteiger partial charge in [0.15, 0.2) is 0 Å². The third-order valence-electron chi connectivity index (χ3n) is 5.16. The summed E-state index contributed by atoms with van der Waals surface area (Å²) in [6, 6.07) is 6.26. The van der Waals surface area contributed by atoms with Crippen molar-refractivity contribution in [1.82, 2.24) is 14.9 Å². The van der Waals surface area contributed by atoms with Gasteiger partial charge in [0.1, 0.15) is 0 Å². The minimum atomic E-state index is -3.58. The third kappa shape index (κ3) is 5.44. The van der Waals surface area contributed by atoms with Gasteiger partial charge in [-0.05, 0) is 82.8 Å². The minimum absolute atomic E-state index is 0. The molecule has 27 heavy (non-hydrogen) atoms. The van der Waals surface area contributed by atoms with Gasteiger partial charge in [-0.1, -0.05) is 0 Å². The van der Waals surface area contributed by atoms with Crippen molar-refractivity contribution in [3.8, 4) is 0 Å². The van der Waals surface area contributed by atoms with Gasteiger partial charge >= 0.3 is 0 Å². The van der Waals surface area contributed by atoms with Gasteiger partial charge in [0, 0.05) is 24.2 Å². The first-order valence-corrected chi connectivity index (χ1v) is 10.8. The van der Waals surface area contributed by atoms with Gasteiger partial charge in [0.05, 0.1) is 4.90 Å². The van der Waals surface area contributed by atoms with Gasteiger partial charge in [0.2, 0.25) is 10.0 Å². The predicted octanol–water partition coefficient (Wildman–Crippen LogP) is 2.26. The molecule has 0 aliphatic carbocycles. The third-order valence-corrected chi connectivity index (χ3v) is 6.93. The molecule has 2 saturated heterocycles. The number of amides is 1. The molecule has 0 saturated carbocycles.